The Hall–Kier alpha value is -4.69. The maximum atomic E-state index is 11.0. The molecule has 0 aliphatic carbocycles. The number of benzene rings is 4. The fourth-order valence-corrected chi connectivity index (χ4v) is 3.95. The minimum atomic E-state index is -0.447. The Morgan fingerprint density at radius 1 is 0.686 bits per heavy atom. The lowest BCUT2D eigenvalue weighted by atomic mass is 10.0. The molecule has 4 aromatic carbocycles. The molecule has 7 nitrogen and oxygen atoms in total. The van der Waals surface area contributed by atoms with Crippen molar-refractivity contribution < 1.29 is 4.92 Å². The molecule has 0 unspecified atom stereocenters. The van der Waals surface area contributed by atoms with Gasteiger partial charge in [0.05, 0.1) is 27.3 Å². The Labute approximate surface area is 206 Å². The summed E-state index contributed by atoms with van der Waals surface area (Å²) >= 11 is 5.41. The number of hydrogen-bond acceptors (Lipinski definition) is 5. The van der Waals surface area contributed by atoms with Crippen LogP contribution in [0.1, 0.15) is 0 Å². The fraction of sp³-hybridized carbons (Fsp3) is 0. The molecule has 2 N–H and O–H groups in total. The third kappa shape index (κ3) is 4.97. The molecule has 0 spiro atoms. The van der Waals surface area contributed by atoms with Crippen LogP contribution < -0.4 is 10.6 Å². The highest BCUT2D eigenvalue weighted by atomic mass is 32.1. The van der Waals surface area contributed by atoms with E-state index in [1.165, 1.54) is 12.1 Å². The highest BCUT2D eigenvalue weighted by Gasteiger charge is 2.14. The van der Waals surface area contributed by atoms with Gasteiger partial charge in [-0.3, -0.25) is 10.1 Å². The molecule has 1 heterocycles. The van der Waals surface area contributed by atoms with Gasteiger partial charge in [-0.15, -0.1) is 0 Å². The van der Waals surface area contributed by atoms with Crippen LogP contribution in [0.15, 0.2) is 103 Å². The Morgan fingerprint density at radius 2 is 1.26 bits per heavy atom. The van der Waals surface area contributed by atoms with E-state index in [2.05, 4.69) is 10.6 Å². The quantitative estimate of drug-likeness (QED) is 0.166. The minimum Gasteiger partial charge on any atom is -0.332 e. The number of anilines is 2. The van der Waals surface area contributed by atoms with Gasteiger partial charge in [-0.2, -0.15) is 0 Å². The smallest absolute Gasteiger partial charge is 0.271 e. The molecule has 0 fully saturated rings. The van der Waals surface area contributed by atoms with Crippen LogP contribution in [-0.4, -0.2) is 20.0 Å². The van der Waals surface area contributed by atoms with Crippen molar-refractivity contribution in [2.45, 2.75) is 0 Å². The minimum absolute atomic E-state index is 0.0126. The summed E-state index contributed by atoms with van der Waals surface area (Å²) in [4.78, 5) is 20.5. The van der Waals surface area contributed by atoms with Crippen molar-refractivity contribution in [3.8, 4) is 22.5 Å². The summed E-state index contributed by atoms with van der Waals surface area (Å²) in [6.45, 7) is 0. The second kappa shape index (κ2) is 9.66. The van der Waals surface area contributed by atoms with Crippen molar-refractivity contribution in [1.29, 1.82) is 0 Å². The second-order valence-corrected chi connectivity index (χ2v) is 8.15. The van der Waals surface area contributed by atoms with E-state index in [4.69, 9.17) is 22.2 Å². The number of thiocarbonyl (C=S) groups is 1. The maximum absolute atomic E-state index is 11.0. The van der Waals surface area contributed by atoms with E-state index in [1.54, 1.807) is 12.1 Å². The number of nitrogens with zero attached hydrogens (tertiary/aromatic N) is 3. The number of nitro benzene ring substituents is 1. The monoisotopic (exact) mass is 477 g/mol. The van der Waals surface area contributed by atoms with Gasteiger partial charge in [0.15, 0.2) is 5.11 Å². The molecule has 5 aromatic rings. The van der Waals surface area contributed by atoms with E-state index >= 15 is 0 Å². The topological polar surface area (TPSA) is 93.0 Å². The number of hydrogen-bond donors (Lipinski definition) is 2. The van der Waals surface area contributed by atoms with Crippen LogP contribution >= 0.6 is 12.2 Å². The zero-order valence-corrected chi connectivity index (χ0v) is 19.2. The van der Waals surface area contributed by atoms with Crippen molar-refractivity contribution in [2.75, 3.05) is 10.6 Å². The summed E-state index contributed by atoms with van der Waals surface area (Å²) in [5, 5.41) is 17.4. The van der Waals surface area contributed by atoms with E-state index in [0.29, 0.717) is 16.3 Å². The van der Waals surface area contributed by atoms with E-state index < -0.39 is 4.92 Å². The molecule has 0 saturated carbocycles. The Balaban J connectivity index is 1.47. The standard InChI is InChI=1S/C27H19N5O2S/c33-32(34)22-13-7-12-20(16-22)28-27(35)29-21-14-15-23-24(17-21)31-26(19-10-5-2-6-11-19)25(30-23)18-8-3-1-4-9-18/h1-17H,(H2,28,29,35). The highest BCUT2D eigenvalue weighted by Crippen LogP contribution is 2.31. The van der Waals surface area contributed by atoms with E-state index in [0.717, 1.165) is 33.7 Å². The maximum Gasteiger partial charge on any atom is 0.271 e. The van der Waals surface area contributed by atoms with Crippen LogP contribution in [0.3, 0.4) is 0 Å². The van der Waals surface area contributed by atoms with Crippen molar-refractivity contribution in [3.63, 3.8) is 0 Å². The van der Waals surface area contributed by atoms with Crippen molar-refractivity contribution in [3.05, 3.63) is 113 Å². The molecule has 0 saturated heterocycles. The molecule has 170 valence electrons. The average molecular weight is 478 g/mol. The molecular weight excluding hydrogens is 458 g/mol. The summed E-state index contributed by atoms with van der Waals surface area (Å²) in [5.74, 6) is 0. The van der Waals surface area contributed by atoms with Gasteiger partial charge in [-0.05, 0) is 36.5 Å². The van der Waals surface area contributed by atoms with Crippen LogP contribution in [-0.2, 0) is 0 Å². The van der Waals surface area contributed by atoms with Gasteiger partial charge in [-0.25, -0.2) is 9.97 Å². The van der Waals surface area contributed by atoms with Crippen LogP contribution in [0.25, 0.3) is 33.5 Å². The SMILES string of the molecule is O=[N+]([O-])c1cccc(NC(=S)Nc2ccc3nc(-c4ccccc4)c(-c4ccccc4)nc3c2)c1. The van der Waals surface area contributed by atoms with E-state index in [1.807, 2.05) is 78.9 Å². The molecule has 5 rings (SSSR count). The second-order valence-electron chi connectivity index (χ2n) is 7.74. The first-order valence-electron chi connectivity index (χ1n) is 10.8. The molecule has 8 heteroatoms. The van der Waals surface area contributed by atoms with Crippen molar-refractivity contribution in [1.82, 2.24) is 9.97 Å². The molecule has 0 aliphatic heterocycles. The zero-order valence-electron chi connectivity index (χ0n) is 18.4. The van der Waals surface area contributed by atoms with Gasteiger partial charge < -0.3 is 10.6 Å². The first-order chi connectivity index (χ1) is 17.1. The zero-order chi connectivity index (χ0) is 24.2. The van der Waals surface area contributed by atoms with Gasteiger partial charge in [0.1, 0.15) is 0 Å². The van der Waals surface area contributed by atoms with Crippen molar-refractivity contribution >= 4 is 45.4 Å². The predicted molar refractivity (Wildman–Crippen MR) is 143 cm³/mol. The van der Waals surface area contributed by atoms with Gasteiger partial charge in [0, 0.05) is 34.6 Å². The molecule has 0 atom stereocenters. The number of fused-ring (bicyclic) bond motifs is 1. The first kappa shape index (κ1) is 22.1. The number of nitrogens with one attached hydrogen (secondary N) is 2. The first-order valence-corrected chi connectivity index (χ1v) is 11.2. The summed E-state index contributed by atoms with van der Waals surface area (Å²) in [7, 11) is 0. The van der Waals surface area contributed by atoms with Crippen LogP contribution in [0.4, 0.5) is 17.1 Å². The van der Waals surface area contributed by atoms with Crippen molar-refractivity contribution in [2.24, 2.45) is 0 Å². The summed E-state index contributed by atoms with van der Waals surface area (Å²) in [5.41, 5.74) is 6.27. The molecule has 1 aromatic heterocycles. The van der Waals surface area contributed by atoms with E-state index in [9.17, 15) is 10.1 Å². The predicted octanol–water partition coefficient (Wildman–Crippen LogP) is 6.68. The lowest BCUT2D eigenvalue weighted by Gasteiger charge is -2.13. The normalized spacial score (nSPS) is 10.6. The van der Waals surface area contributed by atoms with Crippen LogP contribution in [0.5, 0.6) is 0 Å². The summed E-state index contributed by atoms with van der Waals surface area (Å²) in [6, 6.07) is 31.8. The average Bonchev–Trinajstić information content (AvgIpc) is 2.89. The molecule has 35 heavy (non-hydrogen) atoms. The number of rotatable bonds is 5. The largest absolute Gasteiger partial charge is 0.332 e. The Kier molecular flexibility index (Phi) is 6.11. The van der Waals surface area contributed by atoms with Crippen LogP contribution in [0, 0.1) is 10.1 Å². The van der Waals surface area contributed by atoms with E-state index in [-0.39, 0.29) is 5.69 Å². The van der Waals surface area contributed by atoms with Crippen LogP contribution in [0.2, 0.25) is 0 Å². The third-order valence-electron chi connectivity index (χ3n) is 5.33. The molecule has 0 amide bonds. The fourth-order valence-electron chi connectivity index (χ4n) is 3.72. The highest BCUT2D eigenvalue weighted by molar-refractivity contribution is 7.80. The van der Waals surface area contributed by atoms with Gasteiger partial charge in [0.25, 0.3) is 5.69 Å². The van der Waals surface area contributed by atoms with Gasteiger partial charge in [-0.1, -0.05) is 66.7 Å². The molecule has 0 bridgehead atoms. The lowest BCUT2D eigenvalue weighted by Crippen LogP contribution is -2.19. The number of nitro groups is 1. The number of aromatic nitrogens is 2. The lowest BCUT2D eigenvalue weighted by molar-refractivity contribution is -0.384. The Morgan fingerprint density at radius 3 is 1.86 bits per heavy atom. The van der Waals surface area contributed by atoms with Gasteiger partial charge in [0.2, 0.25) is 0 Å². The molecular formula is C27H19N5O2S. The number of non-ortho nitro benzene ring substituents is 1. The third-order valence-corrected chi connectivity index (χ3v) is 5.54. The molecule has 0 aliphatic rings. The molecule has 0 radical (unpaired) electrons. The summed E-state index contributed by atoms with van der Waals surface area (Å²) < 4.78 is 0. The van der Waals surface area contributed by atoms with Gasteiger partial charge >= 0.3 is 0 Å². The Bertz CT molecular complexity index is 1540. The summed E-state index contributed by atoms with van der Waals surface area (Å²) in [6.07, 6.45) is 0.